The van der Waals surface area contributed by atoms with Gasteiger partial charge in [-0.25, -0.2) is 8.42 Å². The van der Waals surface area contributed by atoms with Crippen molar-refractivity contribution in [2.75, 3.05) is 10.5 Å². The minimum atomic E-state index is -4.51. The summed E-state index contributed by atoms with van der Waals surface area (Å²) in [6.45, 7) is 1.49. The molecule has 2 aromatic rings. The van der Waals surface area contributed by atoms with Crippen molar-refractivity contribution in [3.63, 3.8) is 0 Å². The van der Waals surface area contributed by atoms with Crippen LogP contribution in [0.15, 0.2) is 54.6 Å². The third-order valence-electron chi connectivity index (χ3n) is 3.50. The predicted molar refractivity (Wildman–Crippen MR) is 94.3 cm³/mol. The van der Waals surface area contributed by atoms with Gasteiger partial charge in [0.05, 0.1) is 11.3 Å². The molecule has 8 heteroatoms. The van der Waals surface area contributed by atoms with Crippen LogP contribution < -0.4 is 4.72 Å². The minimum Gasteiger partial charge on any atom is -0.289 e. The SMILES string of the molecule is CCS(=O)(=O)Nc1ccc(C(=O)/C=C/c2ccccc2C(F)(F)F)cc1. The van der Waals surface area contributed by atoms with Crippen molar-refractivity contribution < 1.29 is 26.4 Å². The van der Waals surface area contributed by atoms with Crippen molar-refractivity contribution in [1.82, 2.24) is 0 Å². The van der Waals surface area contributed by atoms with Gasteiger partial charge in [0.15, 0.2) is 5.78 Å². The number of anilines is 1. The van der Waals surface area contributed by atoms with Gasteiger partial charge in [0.25, 0.3) is 0 Å². The topological polar surface area (TPSA) is 63.2 Å². The van der Waals surface area contributed by atoms with Crippen molar-refractivity contribution >= 4 is 27.6 Å². The predicted octanol–water partition coefficient (Wildman–Crippen LogP) is 4.36. The standard InChI is InChI=1S/C18H16F3NO3S/c1-2-26(24,25)22-15-10-7-14(8-11-15)17(23)12-9-13-5-3-4-6-16(13)18(19,20)21/h3-12,22H,2H2,1H3/b12-9+. The van der Waals surface area contributed by atoms with Crippen molar-refractivity contribution in [3.05, 3.63) is 71.3 Å². The van der Waals surface area contributed by atoms with Gasteiger partial charge in [-0.3, -0.25) is 9.52 Å². The molecule has 1 N–H and O–H groups in total. The van der Waals surface area contributed by atoms with E-state index in [1.54, 1.807) is 0 Å². The first-order valence-electron chi connectivity index (χ1n) is 7.61. The molecule has 0 heterocycles. The van der Waals surface area contributed by atoms with Crippen LogP contribution in [0, 0.1) is 0 Å². The Labute approximate surface area is 149 Å². The summed E-state index contributed by atoms with van der Waals surface area (Å²) < 4.78 is 64.1. The van der Waals surface area contributed by atoms with E-state index in [2.05, 4.69) is 4.72 Å². The molecule has 0 aliphatic heterocycles. The molecule has 0 spiro atoms. The van der Waals surface area contributed by atoms with Crippen LogP contribution in [0.4, 0.5) is 18.9 Å². The highest BCUT2D eigenvalue weighted by atomic mass is 32.2. The number of alkyl halides is 3. The normalized spacial score (nSPS) is 12.3. The van der Waals surface area contributed by atoms with E-state index < -0.39 is 27.5 Å². The number of benzene rings is 2. The molecule has 0 aliphatic carbocycles. The molecular weight excluding hydrogens is 367 g/mol. The number of rotatable bonds is 6. The Morgan fingerprint density at radius 2 is 1.69 bits per heavy atom. The second-order valence-corrected chi connectivity index (χ2v) is 7.38. The van der Waals surface area contributed by atoms with Gasteiger partial charge in [0.2, 0.25) is 10.0 Å². The summed E-state index contributed by atoms with van der Waals surface area (Å²) in [6.07, 6.45) is -2.35. The van der Waals surface area contributed by atoms with Gasteiger partial charge in [-0.15, -0.1) is 0 Å². The van der Waals surface area contributed by atoms with Crippen LogP contribution in [0.1, 0.15) is 28.4 Å². The zero-order valence-electron chi connectivity index (χ0n) is 13.7. The maximum Gasteiger partial charge on any atom is 0.416 e. The Morgan fingerprint density at radius 1 is 1.08 bits per heavy atom. The number of carbonyl (C=O) groups excluding carboxylic acids is 1. The molecule has 0 atom stereocenters. The molecule has 0 saturated carbocycles. The Hall–Kier alpha value is -2.61. The average Bonchev–Trinajstić information content (AvgIpc) is 2.59. The summed E-state index contributed by atoms with van der Waals surface area (Å²) in [5.74, 6) is -0.582. The molecule has 0 unspecified atom stereocenters. The van der Waals surface area contributed by atoms with E-state index in [4.69, 9.17) is 0 Å². The van der Waals surface area contributed by atoms with E-state index in [0.29, 0.717) is 5.69 Å². The number of ketones is 1. The van der Waals surface area contributed by atoms with Crippen LogP contribution in [0.3, 0.4) is 0 Å². The molecule has 0 radical (unpaired) electrons. The molecule has 0 aliphatic rings. The fraction of sp³-hybridized carbons (Fsp3) is 0.167. The van der Waals surface area contributed by atoms with E-state index in [0.717, 1.165) is 18.2 Å². The number of sulfonamides is 1. The molecule has 2 rings (SSSR count). The molecule has 0 fully saturated rings. The number of allylic oxidation sites excluding steroid dienone is 1. The van der Waals surface area contributed by atoms with Gasteiger partial charge < -0.3 is 0 Å². The lowest BCUT2D eigenvalue weighted by Crippen LogP contribution is -2.14. The lowest BCUT2D eigenvalue weighted by molar-refractivity contribution is -0.137. The Bertz CT molecular complexity index is 917. The van der Waals surface area contributed by atoms with Crippen molar-refractivity contribution in [3.8, 4) is 0 Å². The Kier molecular flexibility index (Phi) is 5.86. The molecule has 0 aromatic heterocycles. The van der Waals surface area contributed by atoms with Gasteiger partial charge in [-0.2, -0.15) is 13.2 Å². The first kappa shape index (κ1) is 19.7. The Balaban J connectivity index is 2.17. The molecule has 0 amide bonds. The van der Waals surface area contributed by atoms with E-state index >= 15 is 0 Å². The number of carbonyl (C=O) groups is 1. The molecule has 0 saturated heterocycles. The number of halogens is 3. The summed E-state index contributed by atoms with van der Waals surface area (Å²) in [5, 5.41) is 0. The quantitative estimate of drug-likeness (QED) is 0.595. The van der Waals surface area contributed by atoms with Crippen molar-refractivity contribution in [2.24, 2.45) is 0 Å². The maximum atomic E-state index is 12.9. The Morgan fingerprint density at radius 3 is 2.27 bits per heavy atom. The van der Waals surface area contributed by atoms with Crippen LogP contribution in [0.25, 0.3) is 6.08 Å². The van der Waals surface area contributed by atoms with Crippen LogP contribution in [-0.4, -0.2) is 20.0 Å². The summed E-state index contributed by atoms with van der Waals surface area (Å²) in [7, 11) is -3.43. The van der Waals surface area contributed by atoms with E-state index in [-0.39, 0.29) is 16.9 Å². The highest BCUT2D eigenvalue weighted by Gasteiger charge is 2.32. The van der Waals surface area contributed by atoms with Crippen LogP contribution in [-0.2, 0) is 16.2 Å². The molecule has 2 aromatic carbocycles. The smallest absolute Gasteiger partial charge is 0.289 e. The molecular formula is C18H16F3NO3S. The minimum absolute atomic E-state index is 0.0883. The zero-order valence-corrected chi connectivity index (χ0v) is 14.6. The third-order valence-corrected chi connectivity index (χ3v) is 4.81. The fourth-order valence-electron chi connectivity index (χ4n) is 2.12. The van der Waals surface area contributed by atoms with Gasteiger partial charge >= 0.3 is 6.18 Å². The van der Waals surface area contributed by atoms with E-state index in [9.17, 15) is 26.4 Å². The lowest BCUT2D eigenvalue weighted by Gasteiger charge is -2.09. The van der Waals surface area contributed by atoms with Crippen molar-refractivity contribution in [1.29, 1.82) is 0 Å². The van der Waals surface area contributed by atoms with E-state index in [1.165, 1.54) is 49.4 Å². The van der Waals surface area contributed by atoms with E-state index in [1.807, 2.05) is 0 Å². The van der Waals surface area contributed by atoms with Crippen molar-refractivity contribution in [2.45, 2.75) is 13.1 Å². The molecule has 26 heavy (non-hydrogen) atoms. The average molecular weight is 383 g/mol. The van der Waals surface area contributed by atoms with Gasteiger partial charge in [-0.05, 0) is 48.9 Å². The molecule has 138 valence electrons. The summed E-state index contributed by atoms with van der Waals surface area (Å²) in [5.41, 5.74) is -0.408. The fourth-order valence-corrected chi connectivity index (χ4v) is 2.76. The van der Waals surface area contributed by atoms with Gasteiger partial charge in [0.1, 0.15) is 0 Å². The van der Waals surface area contributed by atoms with Gasteiger partial charge in [0, 0.05) is 11.3 Å². The maximum absolute atomic E-state index is 12.9. The second kappa shape index (κ2) is 7.74. The summed E-state index contributed by atoms with van der Waals surface area (Å²) in [6, 6.07) is 10.6. The zero-order chi connectivity index (χ0) is 19.4. The van der Waals surface area contributed by atoms with Gasteiger partial charge in [-0.1, -0.05) is 24.3 Å². The third kappa shape index (κ3) is 5.19. The largest absolute Gasteiger partial charge is 0.416 e. The number of nitrogens with one attached hydrogen (secondary N) is 1. The second-order valence-electron chi connectivity index (χ2n) is 5.37. The van der Waals surface area contributed by atoms with Crippen LogP contribution in [0.2, 0.25) is 0 Å². The summed E-state index contributed by atoms with van der Waals surface area (Å²) in [4.78, 5) is 12.1. The highest BCUT2D eigenvalue weighted by Crippen LogP contribution is 2.32. The highest BCUT2D eigenvalue weighted by molar-refractivity contribution is 7.92. The van der Waals surface area contributed by atoms with Crippen LogP contribution >= 0.6 is 0 Å². The molecule has 4 nitrogen and oxygen atoms in total. The lowest BCUT2D eigenvalue weighted by atomic mass is 10.0. The summed E-state index contributed by atoms with van der Waals surface area (Å²) >= 11 is 0. The molecule has 0 bridgehead atoms. The number of hydrogen-bond donors (Lipinski definition) is 1. The first-order chi connectivity index (χ1) is 12.1. The monoisotopic (exact) mass is 383 g/mol. The first-order valence-corrected chi connectivity index (χ1v) is 9.27. The number of hydrogen-bond acceptors (Lipinski definition) is 3. The van der Waals surface area contributed by atoms with Crippen LogP contribution in [0.5, 0.6) is 0 Å².